The van der Waals surface area contributed by atoms with E-state index in [0.29, 0.717) is 0 Å². The highest BCUT2D eigenvalue weighted by Crippen LogP contribution is 2.45. The minimum atomic E-state index is 1.09. The summed E-state index contributed by atoms with van der Waals surface area (Å²) in [4.78, 5) is 0. The van der Waals surface area contributed by atoms with Crippen LogP contribution in [-0.2, 0) is 6.42 Å². The van der Waals surface area contributed by atoms with Gasteiger partial charge in [-0.15, -0.1) is 22.7 Å². The maximum Gasteiger partial charge on any atom is 0.0541 e. The maximum absolute atomic E-state index is 2.47. The maximum atomic E-state index is 2.47. The Balaban J connectivity index is 0.838. The van der Waals surface area contributed by atoms with Crippen molar-refractivity contribution in [2.45, 2.75) is 12.8 Å². The Morgan fingerprint density at radius 2 is 0.828 bits per heavy atom. The van der Waals surface area contributed by atoms with Crippen LogP contribution in [0, 0.1) is 0 Å². The summed E-state index contributed by atoms with van der Waals surface area (Å²) in [6.45, 7) is 0. The van der Waals surface area contributed by atoms with Gasteiger partial charge in [0.1, 0.15) is 0 Å². The van der Waals surface area contributed by atoms with E-state index in [1.165, 1.54) is 129 Å². The zero-order valence-corrected chi connectivity index (χ0v) is 36.4. The quantitative estimate of drug-likeness (QED) is 0.163. The van der Waals surface area contributed by atoms with E-state index >= 15 is 0 Å². The van der Waals surface area contributed by atoms with Crippen LogP contribution < -0.4 is 0 Å². The van der Waals surface area contributed by atoms with Gasteiger partial charge in [-0.3, -0.25) is 0 Å². The van der Waals surface area contributed by atoms with Gasteiger partial charge in [-0.05, 0) is 125 Å². The molecule has 4 heteroatoms. The normalized spacial score (nSPS) is 12.8. The van der Waals surface area contributed by atoms with Gasteiger partial charge in [0.2, 0.25) is 0 Å². The van der Waals surface area contributed by atoms with Gasteiger partial charge in [0.15, 0.2) is 0 Å². The average molecular weight is 851 g/mol. The fraction of sp³-hybridized carbons (Fsp3) is 0.0333. The van der Waals surface area contributed by atoms with Crippen molar-refractivity contribution in [1.29, 1.82) is 0 Å². The van der Waals surface area contributed by atoms with E-state index in [1.807, 2.05) is 22.7 Å². The lowest BCUT2D eigenvalue weighted by molar-refractivity contribution is 0.968. The highest BCUT2D eigenvalue weighted by atomic mass is 32.1. The van der Waals surface area contributed by atoms with Crippen molar-refractivity contribution in [2.75, 3.05) is 0 Å². The topological polar surface area (TPSA) is 9.86 Å². The molecule has 1 aliphatic carbocycles. The molecule has 9 aromatic carbocycles. The molecule has 0 radical (unpaired) electrons. The molecule has 0 atom stereocenters. The van der Waals surface area contributed by atoms with E-state index in [4.69, 9.17) is 0 Å². The smallest absolute Gasteiger partial charge is 0.0541 e. The Morgan fingerprint density at radius 3 is 1.41 bits per heavy atom. The van der Waals surface area contributed by atoms with E-state index in [9.17, 15) is 0 Å². The molecule has 0 N–H and O–H groups in total. The van der Waals surface area contributed by atoms with Crippen molar-refractivity contribution < 1.29 is 0 Å². The summed E-state index contributed by atoms with van der Waals surface area (Å²) in [6.07, 6.45) is 6.83. The lowest BCUT2D eigenvalue weighted by atomic mass is 9.95. The summed E-state index contributed by atoms with van der Waals surface area (Å²) in [5, 5.41) is 9.15. The Kier molecular flexibility index (Phi) is 7.88. The third kappa shape index (κ3) is 5.37. The molecule has 2 nitrogen and oxygen atoms in total. The number of fused-ring (bicyclic) bond motifs is 12. The molecular weight excluding hydrogens is 813 g/mol. The average Bonchev–Trinajstić information content (AvgIpc) is 4.11. The van der Waals surface area contributed by atoms with Crippen molar-refractivity contribution in [3.8, 4) is 44.8 Å². The number of para-hydroxylation sites is 3. The van der Waals surface area contributed by atoms with E-state index in [-0.39, 0.29) is 0 Å². The van der Waals surface area contributed by atoms with Crippen molar-refractivity contribution in [2.24, 2.45) is 0 Å². The summed E-state index contributed by atoms with van der Waals surface area (Å²) in [7, 11) is 0. The monoisotopic (exact) mass is 850 g/mol. The first-order valence-corrected chi connectivity index (χ1v) is 23.8. The van der Waals surface area contributed by atoms with Crippen molar-refractivity contribution in [1.82, 2.24) is 9.13 Å². The number of benzene rings is 9. The summed E-state index contributed by atoms with van der Waals surface area (Å²) in [5.74, 6) is 0. The van der Waals surface area contributed by atoms with Gasteiger partial charge >= 0.3 is 0 Å². The molecule has 0 saturated carbocycles. The molecule has 0 bridgehead atoms. The Morgan fingerprint density at radius 1 is 0.359 bits per heavy atom. The van der Waals surface area contributed by atoms with Crippen LogP contribution in [0.5, 0.6) is 0 Å². The number of thiophene rings is 2. The van der Waals surface area contributed by atoms with E-state index in [1.54, 1.807) is 0 Å². The molecule has 14 rings (SSSR count). The van der Waals surface area contributed by atoms with Gasteiger partial charge in [-0.1, -0.05) is 133 Å². The number of rotatable bonds is 5. The second-order valence-corrected chi connectivity index (χ2v) is 19.2. The lowest BCUT2D eigenvalue weighted by Crippen LogP contribution is -2.00. The van der Waals surface area contributed by atoms with Gasteiger partial charge in [0.25, 0.3) is 0 Å². The molecule has 0 aliphatic heterocycles. The summed E-state index contributed by atoms with van der Waals surface area (Å²) >= 11 is 3.80. The third-order valence-corrected chi connectivity index (χ3v) is 16.0. The van der Waals surface area contributed by atoms with Gasteiger partial charge in [0, 0.05) is 73.6 Å². The number of hydrogen-bond donors (Lipinski definition) is 0. The highest BCUT2D eigenvalue weighted by molar-refractivity contribution is 7.26. The van der Waals surface area contributed by atoms with Crippen LogP contribution in [0.2, 0.25) is 0 Å². The zero-order chi connectivity index (χ0) is 41.9. The van der Waals surface area contributed by atoms with E-state index < -0.39 is 0 Å². The van der Waals surface area contributed by atoms with E-state index in [0.717, 1.165) is 12.8 Å². The molecule has 0 amide bonds. The number of aromatic nitrogens is 2. The van der Waals surface area contributed by atoms with Gasteiger partial charge in [0.05, 0.1) is 16.6 Å². The molecule has 0 spiro atoms. The molecular formula is C60H38N2S2. The molecule has 300 valence electrons. The first-order chi connectivity index (χ1) is 31.7. The second-order valence-electron chi connectivity index (χ2n) is 17.1. The van der Waals surface area contributed by atoms with Crippen LogP contribution in [0.15, 0.2) is 200 Å². The van der Waals surface area contributed by atoms with Crippen molar-refractivity contribution in [3.05, 3.63) is 211 Å². The number of allylic oxidation sites excluding steroid dienone is 1. The summed E-state index contributed by atoms with van der Waals surface area (Å²) < 4.78 is 10.2. The molecule has 0 fully saturated rings. The van der Waals surface area contributed by atoms with Crippen molar-refractivity contribution >= 4 is 102 Å². The first kappa shape index (κ1) is 36.0. The largest absolute Gasteiger partial charge is 0.310 e. The third-order valence-electron chi connectivity index (χ3n) is 13.6. The zero-order valence-electron chi connectivity index (χ0n) is 34.8. The van der Waals surface area contributed by atoms with Gasteiger partial charge < -0.3 is 9.13 Å². The Hall–Kier alpha value is -7.50. The minimum absolute atomic E-state index is 1.09. The predicted molar refractivity (Wildman–Crippen MR) is 277 cm³/mol. The van der Waals surface area contributed by atoms with Gasteiger partial charge in [-0.2, -0.15) is 0 Å². The highest BCUT2D eigenvalue weighted by Gasteiger charge is 2.20. The SMILES string of the molecule is C1=Cc2c(c3ccccc3n2-c2ccc3sc4c(-c5cccc(-c6cccc(-c7cccc8c7sc7ccc(-n9c%10ccccc%10c%10ccccc%109)cc78)c6)c5)cccc4c3c2)CC1. The minimum Gasteiger partial charge on any atom is -0.310 e. The van der Waals surface area contributed by atoms with Crippen LogP contribution in [0.1, 0.15) is 17.7 Å². The van der Waals surface area contributed by atoms with Crippen LogP contribution in [0.4, 0.5) is 0 Å². The van der Waals surface area contributed by atoms with Crippen LogP contribution in [0.25, 0.3) is 124 Å². The van der Waals surface area contributed by atoms with Crippen molar-refractivity contribution in [3.63, 3.8) is 0 Å². The summed E-state index contributed by atoms with van der Waals surface area (Å²) in [6, 6.07) is 72.3. The fourth-order valence-corrected chi connectivity index (χ4v) is 13.1. The van der Waals surface area contributed by atoms with E-state index in [2.05, 4.69) is 215 Å². The predicted octanol–water partition coefficient (Wildman–Crippen LogP) is 17.4. The first-order valence-electron chi connectivity index (χ1n) is 22.1. The molecule has 64 heavy (non-hydrogen) atoms. The van der Waals surface area contributed by atoms with Crippen LogP contribution in [0.3, 0.4) is 0 Å². The lowest BCUT2D eigenvalue weighted by Gasteiger charge is -2.12. The summed E-state index contributed by atoms with van der Waals surface area (Å²) in [5.41, 5.74) is 16.4. The molecule has 1 aliphatic rings. The second kappa shape index (κ2) is 14.0. The Labute approximate surface area is 377 Å². The van der Waals surface area contributed by atoms with Crippen LogP contribution >= 0.6 is 22.7 Å². The van der Waals surface area contributed by atoms with Crippen LogP contribution in [-0.4, -0.2) is 9.13 Å². The van der Waals surface area contributed by atoms with Gasteiger partial charge in [-0.25, -0.2) is 0 Å². The molecule has 4 aromatic heterocycles. The fourth-order valence-electron chi connectivity index (χ4n) is 10.7. The molecule has 4 heterocycles. The standard InChI is InChI=1S/C60H38N2S2/c1-5-25-53-45(17-1)46-18-2-6-26-54(46)61(53)41-29-31-57-51(35-41)49-23-11-21-43(59(49)63-57)39-15-9-13-37(33-39)38-14-10-16-40(34-38)44-22-12-24-50-52-36-42(30-32-58(52)64-60(44)50)62-55-27-7-3-19-47(55)48-20-4-8-28-56(48)62/h1-3,5-19,21-36H,4,20H2. The molecule has 0 saturated heterocycles. The number of aryl methyl sites for hydroxylation is 1. The molecule has 0 unspecified atom stereocenters. The number of nitrogens with zero attached hydrogens (tertiary/aromatic N) is 2. The Bertz CT molecular complexity index is 4040. The molecule has 13 aromatic rings. The number of hydrogen-bond acceptors (Lipinski definition) is 2.